The van der Waals surface area contributed by atoms with Crippen LogP contribution >= 0.6 is 11.8 Å². The quantitative estimate of drug-likeness (QED) is 0.740. The minimum Gasteiger partial charge on any atom is -0.497 e. The molecule has 0 fully saturated rings. The number of thioether (sulfide) groups is 1. The van der Waals surface area contributed by atoms with E-state index in [1.165, 1.54) is 38.1 Å². The highest BCUT2D eigenvalue weighted by Crippen LogP contribution is 2.28. The number of rotatable bonds is 8. The number of aliphatic hydroxyl groups is 1. The molecule has 0 aliphatic rings. The van der Waals surface area contributed by atoms with Crippen LogP contribution < -0.4 is 14.2 Å². The SMILES string of the molecule is COc1ccc(OC)c(S(=O)(=O)NC(C)C(CO)SC)c1. The van der Waals surface area contributed by atoms with E-state index in [1.807, 2.05) is 6.26 Å². The zero-order chi connectivity index (χ0) is 16.0. The van der Waals surface area contributed by atoms with Crippen LogP contribution in [0, 0.1) is 0 Å². The summed E-state index contributed by atoms with van der Waals surface area (Å²) in [4.78, 5) is 0.00833. The average Bonchev–Trinajstić information content (AvgIpc) is 2.47. The molecule has 0 heterocycles. The second-order valence-electron chi connectivity index (χ2n) is 4.38. The Balaban J connectivity index is 3.12. The molecule has 2 N–H and O–H groups in total. The number of methoxy groups -OCH3 is 2. The highest BCUT2D eigenvalue weighted by molar-refractivity contribution is 7.99. The van der Waals surface area contributed by atoms with E-state index in [1.54, 1.807) is 13.0 Å². The molecule has 2 unspecified atom stereocenters. The summed E-state index contributed by atoms with van der Waals surface area (Å²) in [6, 6.07) is 4.14. The van der Waals surface area contributed by atoms with Crippen LogP contribution in [0.5, 0.6) is 11.5 Å². The molecule has 8 heteroatoms. The van der Waals surface area contributed by atoms with E-state index in [0.717, 1.165) is 0 Å². The molecule has 21 heavy (non-hydrogen) atoms. The van der Waals surface area contributed by atoms with Gasteiger partial charge in [0.05, 0.1) is 20.8 Å². The van der Waals surface area contributed by atoms with Gasteiger partial charge in [-0.15, -0.1) is 0 Å². The van der Waals surface area contributed by atoms with E-state index in [2.05, 4.69) is 4.72 Å². The zero-order valence-electron chi connectivity index (χ0n) is 12.5. The van der Waals surface area contributed by atoms with Gasteiger partial charge in [0, 0.05) is 17.4 Å². The molecule has 2 atom stereocenters. The summed E-state index contributed by atoms with van der Waals surface area (Å²) in [6.07, 6.45) is 1.82. The number of nitrogens with one attached hydrogen (secondary N) is 1. The van der Waals surface area contributed by atoms with Crippen molar-refractivity contribution in [3.63, 3.8) is 0 Å². The molecule has 1 aromatic rings. The van der Waals surface area contributed by atoms with E-state index >= 15 is 0 Å². The van der Waals surface area contributed by atoms with Crippen LogP contribution in [0.1, 0.15) is 6.92 Å². The van der Waals surface area contributed by atoms with Crippen molar-refractivity contribution in [1.82, 2.24) is 4.72 Å². The first-order valence-corrected chi connectivity index (χ1v) is 9.04. The summed E-state index contributed by atoms with van der Waals surface area (Å²) in [7, 11) is -0.912. The molecule has 1 rings (SSSR count). The Kier molecular flexibility index (Phi) is 6.79. The van der Waals surface area contributed by atoms with Gasteiger partial charge >= 0.3 is 0 Å². The van der Waals surface area contributed by atoms with Gasteiger partial charge in [0.1, 0.15) is 16.4 Å². The molecule has 0 bridgehead atoms. The number of hydrogen-bond acceptors (Lipinski definition) is 6. The molecule has 0 amide bonds. The topological polar surface area (TPSA) is 84.9 Å². The molecule has 0 aromatic heterocycles. The smallest absolute Gasteiger partial charge is 0.244 e. The van der Waals surface area contributed by atoms with Crippen LogP contribution in [0.3, 0.4) is 0 Å². The Hall–Kier alpha value is -0.960. The molecular weight excluding hydrogens is 314 g/mol. The van der Waals surface area contributed by atoms with Gasteiger partial charge in [-0.25, -0.2) is 13.1 Å². The first kappa shape index (κ1) is 18.1. The molecule has 0 aliphatic heterocycles. The lowest BCUT2D eigenvalue weighted by molar-refractivity contribution is 0.282. The van der Waals surface area contributed by atoms with E-state index in [0.29, 0.717) is 5.75 Å². The normalized spacial score (nSPS) is 14.5. The third kappa shape index (κ3) is 4.50. The highest BCUT2D eigenvalue weighted by atomic mass is 32.2. The summed E-state index contributed by atoms with van der Waals surface area (Å²) in [6.45, 7) is 1.60. The molecule has 0 radical (unpaired) electrons. The predicted octanol–water partition coefficient (Wildman–Crippen LogP) is 1.09. The van der Waals surface area contributed by atoms with Gasteiger partial charge in [-0.1, -0.05) is 0 Å². The Morgan fingerprint density at radius 1 is 1.33 bits per heavy atom. The average molecular weight is 335 g/mol. The number of ether oxygens (including phenoxy) is 2. The fourth-order valence-electron chi connectivity index (χ4n) is 1.81. The van der Waals surface area contributed by atoms with Crippen LogP contribution in [0.2, 0.25) is 0 Å². The molecule has 1 aromatic carbocycles. The highest BCUT2D eigenvalue weighted by Gasteiger charge is 2.26. The van der Waals surface area contributed by atoms with Crippen molar-refractivity contribution < 1.29 is 23.0 Å². The van der Waals surface area contributed by atoms with Crippen LogP contribution in [0.4, 0.5) is 0 Å². The number of sulfonamides is 1. The molecule has 120 valence electrons. The van der Waals surface area contributed by atoms with Crippen LogP contribution in [0.25, 0.3) is 0 Å². The van der Waals surface area contributed by atoms with Crippen molar-refractivity contribution in [2.45, 2.75) is 23.1 Å². The van der Waals surface area contributed by atoms with Crippen molar-refractivity contribution in [2.75, 3.05) is 27.1 Å². The number of hydrogen-bond donors (Lipinski definition) is 2. The first-order valence-electron chi connectivity index (χ1n) is 6.27. The molecule has 0 aliphatic carbocycles. The Morgan fingerprint density at radius 2 is 2.00 bits per heavy atom. The second kappa shape index (κ2) is 7.88. The van der Waals surface area contributed by atoms with Gasteiger partial charge in [0.15, 0.2) is 0 Å². The lowest BCUT2D eigenvalue weighted by Crippen LogP contribution is -2.41. The second-order valence-corrected chi connectivity index (χ2v) is 7.14. The largest absolute Gasteiger partial charge is 0.497 e. The third-order valence-electron chi connectivity index (χ3n) is 3.04. The fourth-order valence-corrected chi connectivity index (χ4v) is 3.99. The zero-order valence-corrected chi connectivity index (χ0v) is 14.1. The summed E-state index contributed by atoms with van der Waals surface area (Å²) in [5, 5.41) is 9.02. The summed E-state index contributed by atoms with van der Waals surface area (Å²) >= 11 is 1.40. The summed E-state index contributed by atoms with van der Waals surface area (Å²) < 4.78 is 37.7. The van der Waals surface area contributed by atoms with E-state index in [-0.39, 0.29) is 22.5 Å². The lowest BCUT2D eigenvalue weighted by Gasteiger charge is -2.22. The van der Waals surface area contributed by atoms with Crippen molar-refractivity contribution in [3.8, 4) is 11.5 Å². The molecule has 0 saturated carbocycles. The van der Waals surface area contributed by atoms with Gasteiger partial charge in [-0.2, -0.15) is 11.8 Å². The minimum absolute atomic E-state index is 0.00833. The van der Waals surface area contributed by atoms with Crippen LogP contribution in [-0.4, -0.2) is 51.9 Å². The molecule has 6 nitrogen and oxygen atoms in total. The standard InChI is InChI=1S/C13H21NO5S2/c1-9(12(8-15)20-4)14-21(16,17)13-7-10(18-2)5-6-11(13)19-3/h5-7,9,12,14-15H,8H2,1-4H3. The monoisotopic (exact) mass is 335 g/mol. The maximum Gasteiger partial charge on any atom is 0.244 e. The van der Waals surface area contributed by atoms with Gasteiger partial charge in [-0.05, 0) is 25.3 Å². The number of aliphatic hydroxyl groups excluding tert-OH is 1. The van der Waals surface area contributed by atoms with Crippen molar-refractivity contribution in [3.05, 3.63) is 18.2 Å². The van der Waals surface area contributed by atoms with Gasteiger partial charge in [0.2, 0.25) is 10.0 Å². The third-order valence-corrected chi connectivity index (χ3v) is 5.78. The van der Waals surface area contributed by atoms with Crippen molar-refractivity contribution in [2.24, 2.45) is 0 Å². The van der Waals surface area contributed by atoms with Crippen LogP contribution in [-0.2, 0) is 10.0 Å². The van der Waals surface area contributed by atoms with Crippen molar-refractivity contribution in [1.29, 1.82) is 0 Å². The predicted molar refractivity (Wildman–Crippen MR) is 83.7 cm³/mol. The first-order chi connectivity index (χ1) is 9.89. The molecule has 0 spiro atoms. The van der Waals surface area contributed by atoms with E-state index < -0.39 is 16.1 Å². The maximum absolute atomic E-state index is 12.5. The van der Waals surface area contributed by atoms with Crippen LogP contribution in [0.15, 0.2) is 23.1 Å². The Labute approximate surface area is 129 Å². The lowest BCUT2D eigenvalue weighted by atomic mass is 10.3. The Bertz CT molecular complexity index is 558. The van der Waals surface area contributed by atoms with Gasteiger partial charge in [-0.3, -0.25) is 0 Å². The molecular formula is C13H21NO5S2. The Morgan fingerprint density at radius 3 is 2.48 bits per heavy atom. The van der Waals surface area contributed by atoms with E-state index in [9.17, 15) is 13.5 Å². The maximum atomic E-state index is 12.5. The van der Waals surface area contributed by atoms with Gasteiger partial charge in [0.25, 0.3) is 0 Å². The van der Waals surface area contributed by atoms with Crippen molar-refractivity contribution >= 4 is 21.8 Å². The fraction of sp³-hybridized carbons (Fsp3) is 0.538. The minimum atomic E-state index is -3.78. The summed E-state index contributed by atoms with van der Waals surface area (Å²) in [5.41, 5.74) is 0. The number of benzene rings is 1. The van der Waals surface area contributed by atoms with Gasteiger partial charge < -0.3 is 14.6 Å². The summed E-state index contributed by atoms with van der Waals surface area (Å²) in [5.74, 6) is 0.660. The molecule has 0 saturated heterocycles. The van der Waals surface area contributed by atoms with E-state index in [4.69, 9.17) is 9.47 Å².